The lowest BCUT2D eigenvalue weighted by Crippen LogP contribution is -2.07. The van der Waals surface area contributed by atoms with Gasteiger partial charge in [0.1, 0.15) is 0 Å². The monoisotopic (exact) mass is 305 g/mol. The van der Waals surface area contributed by atoms with Gasteiger partial charge in [0.25, 0.3) is 0 Å². The fourth-order valence-corrected chi connectivity index (χ4v) is 2.62. The number of aromatic nitrogens is 2. The van der Waals surface area contributed by atoms with Gasteiger partial charge in [-0.3, -0.25) is 0 Å². The predicted octanol–water partition coefficient (Wildman–Crippen LogP) is 4.81. The van der Waals surface area contributed by atoms with Crippen LogP contribution in [0.5, 0.6) is 0 Å². The van der Waals surface area contributed by atoms with Crippen molar-refractivity contribution in [2.75, 3.05) is 14.1 Å². The van der Waals surface area contributed by atoms with Gasteiger partial charge in [-0.15, -0.1) is 0 Å². The minimum absolute atomic E-state index is 0.505. The first kappa shape index (κ1) is 17.6. The number of nitrogens with zero attached hydrogens (tertiary/aromatic N) is 2. The van der Waals surface area contributed by atoms with Crippen LogP contribution >= 0.6 is 12.2 Å². The van der Waals surface area contributed by atoms with Gasteiger partial charge in [0.05, 0.1) is 5.69 Å². The van der Waals surface area contributed by atoms with Crippen LogP contribution in [-0.4, -0.2) is 29.0 Å². The average Bonchev–Trinajstić information content (AvgIpc) is 2.43. The van der Waals surface area contributed by atoms with E-state index in [0.717, 1.165) is 23.3 Å². The molecule has 1 aromatic rings. The topological polar surface area (TPSA) is 31.9 Å². The zero-order valence-corrected chi connectivity index (χ0v) is 14.5. The van der Waals surface area contributed by atoms with Crippen LogP contribution in [0.3, 0.4) is 0 Å². The highest BCUT2D eigenvalue weighted by atomic mass is 32.1. The molecule has 4 heteroatoms. The molecule has 0 bridgehead atoms. The first-order valence-corrected chi connectivity index (χ1v) is 8.00. The van der Waals surface area contributed by atoms with Crippen molar-refractivity contribution in [3.05, 3.63) is 41.1 Å². The molecular weight excluding hydrogens is 278 g/mol. The second kappa shape index (κ2) is 8.78. The van der Waals surface area contributed by atoms with E-state index >= 15 is 0 Å². The fourth-order valence-electron chi connectivity index (χ4n) is 2.45. The van der Waals surface area contributed by atoms with Crippen LogP contribution in [0, 0.1) is 10.7 Å². The molecule has 0 amide bonds. The summed E-state index contributed by atoms with van der Waals surface area (Å²) >= 11 is 5.13. The Morgan fingerprint density at radius 2 is 2.19 bits per heavy atom. The molecule has 0 radical (unpaired) electrons. The van der Waals surface area contributed by atoms with Crippen molar-refractivity contribution < 1.29 is 0 Å². The van der Waals surface area contributed by atoms with Gasteiger partial charge in [-0.1, -0.05) is 39.7 Å². The third-order valence-corrected chi connectivity index (χ3v) is 3.75. The Morgan fingerprint density at radius 1 is 1.48 bits per heavy atom. The maximum absolute atomic E-state index is 5.13. The van der Waals surface area contributed by atoms with E-state index < -0.39 is 0 Å². The van der Waals surface area contributed by atoms with Gasteiger partial charge in [0.2, 0.25) is 0 Å². The molecule has 1 unspecified atom stereocenters. The molecule has 0 aliphatic heterocycles. The molecule has 0 aromatic carbocycles. The Bertz CT molecular complexity index is 543. The lowest BCUT2D eigenvalue weighted by molar-refractivity contribution is 0.464. The minimum atomic E-state index is 0.505. The summed E-state index contributed by atoms with van der Waals surface area (Å²) in [4.78, 5) is 9.26. The molecule has 116 valence electrons. The maximum Gasteiger partial charge on any atom is 0.197 e. The van der Waals surface area contributed by atoms with Crippen LogP contribution < -0.4 is 0 Å². The minimum Gasteiger partial charge on any atom is -0.383 e. The van der Waals surface area contributed by atoms with Crippen LogP contribution in [0.2, 0.25) is 0 Å². The summed E-state index contributed by atoms with van der Waals surface area (Å²) in [6, 6.07) is 1.96. The van der Waals surface area contributed by atoms with Gasteiger partial charge in [0.15, 0.2) is 4.77 Å². The van der Waals surface area contributed by atoms with E-state index in [2.05, 4.69) is 36.6 Å². The molecule has 21 heavy (non-hydrogen) atoms. The number of aromatic amines is 1. The van der Waals surface area contributed by atoms with Crippen molar-refractivity contribution in [1.82, 2.24) is 14.9 Å². The molecule has 1 heterocycles. The van der Waals surface area contributed by atoms with Gasteiger partial charge in [-0.2, -0.15) is 0 Å². The number of nitrogens with one attached hydrogen (secondary N) is 1. The fraction of sp³-hybridized carbons (Fsp3) is 0.529. The highest BCUT2D eigenvalue weighted by Crippen LogP contribution is 2.28. The Morgan fingerprint density at radius 3 is 2.71 bits per heavy atom. The van der Waals surface area contributed by atoms with Crippen molar-refractivity contribution in [2.45, 2.75) is 39.5 Å². The molecule has 0 aliphatic rings. The van der Waals surface area contributed by atoms with Gasteiger partial charge in [-0.25, -0.2) is 4.98 Å². The lowest BCUT2D eigenvalue weighted by Gasteiger charge is -2.19. The number of rotatable bonds is 8. The summed E-state index contributed by atoms with van der Waals surface area (Å²) in [5.74, 6) is 0.692. The van der Waals surface area contributed by atoms with Gasteiger partial charge in [0, 0.05) is 32.1 Å². The smallest absolute Gasteiger partial charge is 0.197 e. The molecular formula is C17H27N3S. The van der Waals surface area contributed by atoms with Crippen molar-refractivity contribution in [2.24, 2.45) is 5.92 Å². The third-order valence-electron chi connectivity index (χ3n) is 3.54. The molecule has 3 nitrogen and oxygen atoms in total. The molecule has 1 rings (SSSR count). The Balaban J connectivity index is 3.03. The number of H-pyrrole nitrogens is 1. The van der Waals surface area contributed by atoms with Crippen LogP contribution in [0.25, 0.3) is 5.57 Å². The Hall–Kier alpha value is -1.42. The van der Waals surface area contributed by atoms with E-state index in [4.69, 9.17) is 12.2 Å². The molecule has 1 N–H and O–H groups in total. The summed E-state index contributed by atoms with van der Waals surface area (Å²) in [6.45, 7) is 8.81. The van der Waals surface area contributed by atoms with E-state index in [9.17, 15) is 0 Å². The molecule has 0 saturated heterocycles. The standard InChI is InChI=1S/C17H27N3S/c1-6-8-14(7-2)11-13(3)15(12-20(4)5)16-9-10-18-17(21)19-16/h9-10,12,14H,3,6-8,11H2,1-2,4-5H3,(H,18,19,21)/b15-12-. The highest BCUT2D eigenvalue weighted by molar-refractivity contribution is 7.71. The van der Waals surface area contributed by atoms with Crippen molar-refractivity contribution >= 4 is 17.8 Å². The maximum atomic E-state index is 5.13. The zero-order chi connectivity index (χ0) is 15.8. The zero-order valence-electron chi connectivity index (χ0n) is 13.6. The molecule has 0 spiro atoms. The van der Waals surface area contributed by atoms with Crippen LogP contribution in [-0.2, 0) is 0 Å². The van der Waals surface area contributed by atoms with E-state index in [1.165, 1.54) is 19.3 Å². The molecule has 1 aromatic heterocycles. The van der Waals surface area contributed by atoms with Crippen LogP contribution in [0.4, 0.5) is 0 Å². The number of hydrogen-bond donors (Lipinski definition) is 1. The lowest BCUT2D eigenvalue weighted by atomic mass is 9.89. The third kappa shape index (κ3) is 5.84. The molecule has 0 saturated carbocycles. The number of hydrogen-bond acceptors (Lipinski definition) is 3. The normalized spacial score (nSPS) is 13.0. The first-order chi connectivity index (χ1) is 9.97. The van der Waals surface area contributed by atoms with E-state index in [1.54, 1.807) is 6.20 Å². The van der Waals surface area contributed by atoms with E-state index in [-0.39, 0.29) is 0 Å². The Labute approximate surface area is 133 Å². The molecule has 1 atom stereocenters. The quantitative estimate of drug-likeness (QED) is 0.552. The highest BCUT2D eigenvalue weighted by Gasteiger charge is 2.13. The number of allylic oxidation sites excluding steroid dienone is 2. The molecule has 0 aliphatic carbocycles. The van der Waals surface area contributed by atoms with Crippen LogP contribution in [0.15, 0.2) is 30.6 Å². The van der Waals surface area contributed by atoms with Gasteiger partial charge < -0.3 is 9.88 Å². The van der Waals surface area contributed by atoms with Crippen molar-refractivity contribution in [3.8, 4) is 0 Å². The SMILES string of the molecule is C=C(CC(CC)CCC)/C(=C/N(C)C)c1ccnc(=S)[nH]1. The summed E-state index contributed by atoms with van der Waals surface area (Å²) in [5, 5.41) is 0. The summed E-state index contributed by atoms with van der Waals surface area (Å²) < 4.78 is 0.505. The van der Waals surface area contributed by atoms with Gasteiger partial charge >= 0.3 is 0 Å². The second-order valence-corrected chi connectivity index (χ2v) is 6.05. The van der Waals surface area contributed by atoms with Gasteiger partial charge in [-0.05, 0) is 36.2 Å². The van der Waals surface area contributed by atoms with E-state index in [0.29, 0.717) is 10.7 Å². The second-order valence-electron chi connectivity index (χ2n) is 5.67. The largest absolute Gasteiger partial charge is 0.383 e. The van der Waals surface area contributed by atoms with E-state index in [1.807, 2.05) is 25.1 Å². The predicted molar refractivity (Wildman–Crippen MR) is 93.5 cm³/mol. The first-order valence-electron chi connectivity index (χ1n) is 7.60. The summed E-state index contributed by atoms with van der Waals surface area (Å²) in [6.07, 6.45) is 8.52. The van der Waals surface area contributed by atoms with Crippen LogP contribution in [0.1, 0.15) is 45.2 Å². The Kier molecular flexibility index (Phi) is 7.37. The van der Waals surface area contributed by atoms with Crippen molar-refractivity contribution in [1.29, 1.82) is 0 Å². The van der Waals surface area contributed by atoms with Crippen molar-refractivity contribution in [3.63, 3.8) is 0 Å². The summed E-state index contributed by atoms with van der Waals surface area (Å²) in [7, 11) is 4.04. The average molecular weight is 305 g/mol. The molecule has 0 fully saturated rings. The summed E-state index contributed by atoms with van der Waals surface area (Å²) in [5.41, 5.74) is 3.25.